The van der Waals surface area contributed by atoms with Crippen molar-refractivity contribution in [1.29, 1.82) is 0 Å². The van der Waals surface area contributed by atoms with Gasteiger partial charge in [-0.25, -0.2) is 4.68 Å². The highest BCUT2D eigenvalue weighted by Gasteiger charge is 2.27. The molecule has 1 heterocycles. The van der Waals surface area contributed by atoms with Crippen LogP contribution in [-0.4, -0.2) is 39.4 Å². The molecule has 158 valence electrons. The molecule has 0 unspecified atom stereocenters. The number of aromatic nitrogens is 3. The summed E-state index contributed by atoms with van der Waals surface area (Å²) >= 11 is 0. The number of nitrogens with zero attached hydrogens (tertiary/aromatic N) is 3. The predicted molar refractivity (Wildman–Crippen MR) is 120 cm³/mol. The molecule has 1 aliphatic rings. The smallest absolute Gasteiger partial charge is 0.274 e. The first kappa shape index (κ1) is 20.5. The molecule has 1 aliphatic carbocycles. The highest BCUT2D eigenvalue weighted by atomic mass is 16.2. The summed E-state index contributed by atoms with van der Waals surface area (Å²) in [7, 11) is 0. The lowest BCUT2D eigenvalue weighted by molar-refractivity contribution is 0.0941. The van der Waals surface area contributed by atoms with E-state index in [0.29, 0.717) is 17.8 Å². The highest BCUT2D eigenvalue weighted by Crippen LogP contribution is 2.23. The number of rotatable bonds is 7. The zero-order valence-corrected chi connectivity index (χ0v) is 17.6. The van der Waals surface area contributed by atoms with Crippen LogP contribution in [0.15, 0.2) is 54.6 Å². The molecule has 31 heavy (non-hydrogen) atoms. The van der Waals surface area contributed by atoms with Gasteiger partial charge in [-0.05, 0) is 68.2 Å². The van der Waals surface area contributed by atoms with Crippen LogP contribution in [0.2, 0.25) is 0 Å². The Bertz CT molecular complexity index is 1110. The maximum absolute atomic E-state index is 12.8. The first-order valence-electron chi connectivity index (χ1n) is 10.5. The number of allylic oxidation sites excluding steroid dienone is 1. The minimum absolute atomic E-state index is 0.128. The second-order valence-corrected chi connectivity index (χ2v) is 7.58. The Morgan fingerprint density at radius 3 is 2.39 bits per heavy atom. The molecule has 2 aromatic carbocycles. The highest BCUT2D eigenvalue weighted by molar-refractivity contribution is 5.97. The first-order valence-corrected chi connectivity index (χ1v) is 10.5. The SMILES string of the molecule is CCNC(=O)c1ccc(-n2nnc(C(=O)NC3CC3)c2/C=C(/C)c2ccccc2)cc1. The molecule has 0 atom stereocenters. The molecule has 7 nitrogen and oxygen atoms in total. The summed E-state index contributed by atoms with van der Waals surface area (Å²) in [5.74, 6) is -0.350. The van der Waals surface area contributed by atoms with Crippen molar-refractivity contribution in [2.75, 3.05) is 6.54 Å². The molecule has 7 heteroatoms. The van der Waals surface area contributed by atoms with Crippen molar-refractivity contribution in [3.8, 4) is 5.69 Å². The number of hydrogen-bond acceptors (Lipinski definition) is 4. The monoisotopic (exact) mass is 415 g/mol. The predicted octanol–water partition coefficient (Wildman–Crippen LogP) is 3.47. The molecule has 0 spiro atoms. The standard InChI is InChI=1S/C24H25N5O2/c1-3-25-23(30)18-9-13-20(14-10-18)29-21(15-16(2)17-7-5-4-6-8-17)22(27-28-29)24(31)26-19-11-12-19/h4-10,13-15,19H,3,11-12H2,1-2H3,(H,25,30)(H,26,31)/b16-15-. The fourth-order valence-electron chi connectivity index (χ4n) is 3.26. The van der Waals surface area contributed by atoms with Crippen molar-refractivity contribution in [2.24, 2.45) is 0 Å². The zero-order chi connectivity index (χ0) is 21.8. The van der Waals surface area contributed by atoms with E-state index >= 15 is 0 Å². The molecule has 0 aliphatic heterocycles. The molecule has 2 amide bonds. The van der Waals surface area contributed by atoms with E-state index in [4.69, 9.17) is 0 Å². The van der Waals surface area contributed by atoms with Crippen LogP contribution in [0.1, 0.15) is 58.8 Å². The number of carbonyl (C=O) groups excluding carboxylic acids is 2. The number of amides is 2. The first-order chi connectivity index (χ1) is 15.1. The molecular weight excluding hydrogens is 390 g/mol. The van der Waals surface area contributed by atoms with Crippen LogP contribution in [-0.2, 0) is 0 Å². The van der Waals surface area contributed by atoms with E-state index < -0.39 is 0 Å². The Balaban J connectivity index is 1.73. The Hall–Kier alpha value is -3.74. The molecule has 1 fully saturated rings. The van der Waals surface area contributed by atoms with E-state index in [1.54, 1.807) is 28.9 Å². The van der Waals surface area contributed by atoms with Gasteiger partial charge in [-0.3, -0.25) is 9.59 Å². The zero-order valence-electron chi connectivity index (χ0n) is 17.6. The Kier molecular flexibility index (Phi) is 5.93. The topological polar surface area (TPSA) is 88.9 Å². The Labute approximate surface area is 181 Å². The summed E-state index contributed by atoms with van der Waals surface area (Å²) in [6.45, 7) is 4.44. The van der Waals surface area contributed by atoms with Gasteiger partial charge in [-0.1, -0.05) is 35.5 Å². The van der Waals surface area contributed by atoms with E-state index in [-0.39, 0.29) is 23.6 Å². The van der Waals surface area contributed by atoms with Crippen molar-refractivity contribution in [3.63, 3.8) is 0 Å². The van der Waals surface area contributed by atoms with Gasteiger partial charge in [0.25, 0.3) is 11.8 Å². The van der Waals surface area contributed by atoms with Crippen molar-refractivity contribution in [2.45, 2.75) is 32.7 Å². The number of hydrogen-bond donors (Lipinski definition) is 2. The van der Waals surface area contributed by atoms with Crippen molar-refractivity contribution < 1.29 is 9.59 Å². The fraction of sp³-hybridized carbons (Fsp3) is 0.250. The minimum atomic E-state index is -0.222. The van der Waals surface area contributed by atoms with Crippen LogP contribution >= 0.6 is 0 Å². The number of benzene rings is 2. The largest absolute Gasteiger partial charge is 0.352 e. The van der Waals surface area contributed by atoms with E-state index in [2.05, 4.69) is 20.9 Å². The van der Waals surface area contributed by atoms with E-state index in [1.165, 1.54) is 0 Å². The van der Waals surface area contributed by atoms with Gasteiger partial charge in [0.05, 0.1) is 5.69 Å². The van der Waals surface area contributed by atoms with Crippen molar-refractivity contribution in [3.05, 3.63) is 77.1 Å². The van der Waals surface area contributed by atoms with Gasteiger partial charge in [0.1, 0.15) is 5.69 Å². The van der Waals surface area contributed by atoms with Gasteiger partial charge >= 0.3 is 0 Å². The van der Waals surface area contributed by atoms with E-state index in [9.17, 15) is 9.59 Å². The maximum Gasteiger partial charge on any atom is 0.274 e. The Morgan fingerprint density at radius 1 is 1.03 bits per heavy atom. The molecule has 2 N–H and O–H groups in total. The summed E-state index contributed by atoms with van der Waals surface area (Å²) in [4.78, 5) is 24.8. The molecule has 3 aromatic rings. The van der Waals surface area contributed by atoms with Crippen LogP contribution in [0.25, 0.3) is 17.3 Å². The third-order valence-electron chi connectivity index (χ3n) is 5.13. The van der Waals surface area contributed by atoms with Crippen LogP contribution < -0.4 is 10.6 Å². The number of carbonyl (C=O) groups is 2. The average molecular weight is 415 g/mol. The molecule has 0 radical (unpaired) electrons. The quantitative estimate of drug-likeness (QED) is 0.618. The maximum atomic E-state index is 12.8. The summed E-state index contributed by atoms with van der Waals surface area (Å²) < 4.78 is 1.63. The van der Waals surface area contributed by atoms with Crippen molar-refractivity contribution in [1.82, 2.24) is 25.6 Å². The van der Waals surface area contributed by atoms with Crippen LogP contribution in [0.5, 0.6) is 0 Å². The van der Waals surface area contributed by atoms with E-state index in [1.807, 2.05) is 50.3 Å². The van der Waals surface area contributed by atoms with Gasteiger partial charge < -0.3 is 10.6 Å². The molecular formula is C24H25N5O2. The van der Waals surface area contributed by atoms with Crippen LogP contribution in [0.3, 0.4) is 0 Å². The van der Waals surface area contributed by atoms with E-state index in [0.717, 1.165) is 29.7 Å². The van der Waals surface area contributed by atoms with Crippen LogP contribution in [0.4, 0.5) is 0 Å². The summed E-state index contributed by atoms with van der Waals surface area (Å²) in [5, 5.41) is 14.2. The molecule has 0 saturated heterocycles. The third kappa shape index (κ3) is 4.71. The molecule has 4 rings (SSSR count). The lowest BCUT2D eigenvalue weighted by Crippen LogP contribution is -2.26. The van der Waals surface area contributed by atoms with Gasteiger partial charge in [-0.2, -0.15) is 0 Å². The second-order valence-electron chi connectivity index (χ2n) is 7.58. The second kappa shape index (κ2) is 8.95. The van der Waals surface area contributed by atoms with Crippen LogP contribution in [0, 0.1) is 0 Å². The average Bonchev–Trinajstić information content (AvgIpc) is 3.51. The normalized spacial score (nSPS) is 13.7. The molecule has 1 aromatic heterocycles. The van der Waals surface area contributed by atoms with Gasteiger partial charge in [0.2, 0.25) is 0 Å². The third-order valence-corrected chi connectivity index (χ3v) is 5.13. The minimum Gasteiger partial charge on any atom is -0.352 e. The molecule has 1 saturated carbocycles. The van der Waals surface area contributed by atoms with Gasteiger partial charge in [0, 0.05) is 18.2 Å². The fourth-order valence-corrected chi connectivity index (χ4v) is 3.26. The summed E-state index contributed by atoms with van der Waals surface area (Å²) in [5.41, 5.74) is 4.22. The van der Waals surface area contributed by atoms with Gasteiger partial charge in [0.15, 0.2) is 5.69 Å². The number of nitrogens with one attached hydrogen (secondary N) is 2. The summed E-state index contributed by atoms with van der Waals surface area (Å²) in [6, 6.07) is 17.3. The lowest BCUT2D eigenvalue weighted by atomic mass is 10.1. The van der Waals surface area contributed by atoms with Gasteiger partial charge in [-0.15, -0.1) is 5.10 Å². The molecule has 0 bridgehead atoms. The van der Waals surface area contributed by atoms with Crippen molar-refractivity contribution >= 4 is 23.5 Å². The lowest BCUT2D eigenvalue weighted by Gasteiger charge is -2.08. The Morgan fingerprint density at radius 2 is 1.74 bits per heavy atom. The summed E-state index contributed by atoms with van der Waals surface area (Å²) in [6.07, 6.45) is 3.92.